The summed E-state index contributed by atoms with van der Waals surface area (Å²) in [5.74, 6) is 0.384. The van der Waals surface area contributed by atoms with Gasteiger partial charge in [0.2, 0.25) is 0 Å². The van der Waals surface area contributed by atoms with Gasteiger partial charge in [-0.1, -0.05) is 45.1 Å². The first-order chi connectivity index (χ1) is 36.1. The summed E-state index contributed by atoms with van der Waals surface area (Å²) in [6.07, 6.45) is 15.2. The standard InChI is InChI=1S/C34H53FN2O4Si.C28H39FN2O4/c1-32(2,3)40-31(38)37-22-34(23-37)20-27(21-39-34)36-17-15-25(16-18-36)30-19-26(35)11-14-29(30)24-9-12-28(13-10-24)41-42(7,8)33(4,5)6;1-27(2,3)35-26(33)31-17-28(18-31)15-22(16-34-28)30-12-10-20(11-13-30)25-14-21(29)6-9-24(25)19-4-7-23(32)8-5-19/h9,11,14,19,25,27-28H,10,12-13,15-18,20-23H2,1-8H3;4,6,9,14,20,22-23,32H,5,7-8,10-13,15-18H2,1-3H3/t27-,28?;22-,23?/m00/s1. The summed E-state index contributed by atoms with van der Waals surface area (Å²) >= 11 is 0. The lowest BCUT2D eigenvalue weighted by molar-refractivity contribution is -0.109. The highest BCUT2D eigenvalue weighted by atomic mass is 28.4. The van der Waals surface area contributed by atoms with E-state index < -0.39 is 19.5 Å². The third-order valence-electron chi connectivity index (χ3n) is 18.3. The first-order valence-electron chi connectivity index (χ1n) is 29.2. The fourth-order valence-corrected chi connectivity index (χ4v) is 14.5. The predicted octanol–water partition coefficient (Wildman–Crippen LogP) is 12.5. The van der Waals surface area contributed by atoms with Crippen molar-refractivity contribution in [2.45, 2.75) is 216 Å². The molecule has 0 bridgehead atoms. The summed E-state index contributed by atoms with van der Waals surface area (Å²) in [6, 6.07) is 11.4. The van der Waals surface area contributed by atoms with E-state index in [1.54, 1.807) is 34.1 Å². The van der Waals surface area contributed by atoms with E-state index in [0.717, 1.165) is 108 Å². The number of carbonyl (C=O) groups is 2. The van der Waals surface area contributed by atoms with Crippen molar-refractivity contribution in [1.82, 2.24) is 19.6 Å². The number of allylic oxidation sites excluding steroid dienone is 2. The van der Waals surface area contributed by atoms with Crippen LogP contribution < -0.4 is 0 Å². The van der Waals surface area contributed by atoms with Crippen molar-refractivity contribution in [1.29, 1.82) is 0 Å². The maximum Gasteiger partial charge on any atom is 0.410 e. The molecule has 10 rings (SSSR count). The molecule has 6 heterocycles. The number of aliphatic hydroxyl groups excluding tert-OH is 1. The van der Waals surface area contributed by atoms with E-state index in [1.165, 1.54) is 22.3 Å². The SMILES string of the molecule is CC(C)(C)OC(=O)N1CC2(C[C@H](N3CCC(c4cc(F)ccc4C4=CCC(O)CC4)CC3)CO2)C1.CC(C)(C)OC(=O)N1CC2(C[C@H](N3CCC(c4cc(F)ccc4C4=CCC(O[Si](C)(C)C(C)(C)C)CC4)CC3)CO2)C1. The van der Waals surface area contributed by atoms with Crippen LogP contribution >= 0.6 is 0 Å². The Balaban J connectivity index is 0.000000191. The number of hydrogen-bond donors (Lipinski definition) is 1. The highest BCUT2D eigenvalue weighted by Gasteiger charge is 2.55. The minimum atomic E-state index is -1.80. The van der Waals surface area contributed by atoms with Gasteiger partial charge in [0.1, 0.15) is 34.0 Å². The van der Waals surface area contributed by atoms with Crippen LogP contribution in [0.15, 0.2) is 48.6 Å². The van der Waals surface area contributed by atoms with Gasteiger partial charge in [-0.05, 0) is 232 Å². The first-order valence-corrected chi connectivity index (χ1v) is 32.1. The van der Waals surface area contributed by atoms with Crippen molar-refractivity contribution in [3.05, 3.63) is 82.4 Å². The van der Waals surface area contributed by atoms with Gasteiger partial charge in [-0.25, -0.2) is 18.4 Å². The summed E-state index contributed by atoms with van der Waals surface area (Å²) in [5.41, 5.74) is 5.87. The van der Waals surface area contributed by atoms with Crippen LogP contribution in [0.3, 0.4) is 0 Å². The molecular weight excluding hydrogens is 995 g/mol. The second kappa shape index (κ2) is 22.7. The molecule has 8 aliphatic rings. The molecule has 77 heavy (non-hydrogen) atoms. The minimum absolute atomic E-state index is 0.141. The van der Waals surface area contributed by atoms with Gasteiger partial charge in [0.15, 0.2) is 8.32 Å². The number of aliphatic hydroxyl groups is 1. The quantitative estimate of drug-likeness (QED) is 0.256. The van der Waals surface area contributed by atoms with Gasteiger partial charge in [0.25, 0.3) is 0 Å². The zero-order valence-electron chi connectivity index (χ0n) is 48.5. The second-order valence-corrected chi connectivity index (χ2v) is 32.4. The van der Waals surface area contributed by atoms with Crippen LogP contribution in [0.1, 0.15) is 173 Å². The van der Waals surface area contributed by atoms with Crippen LogP contribution in [-0.2, 0) is 23.4 Å². The molecule has 12 nitrogen and oxygen atoms in total. The number of ether oxygens (including phenoxy) is 4. The lowest BCUT2D eigenvalue weighted by Gasteiger charge is -2.47. The number of hydrogen-bond acceptors (Lipinski definition) is 10. The van der Waals surface area contributed by atoms with E-state index >= 15 is 0 Å². The zero-order chi connectivity index (χ0) is 55.3. The van der Waals surface area contributed by atoms with E-state index in [-0.39, 0.29) is 52.3 Å². The molecule has 0 aromatic heterocycles. The lowest BCUT2D eigenvalue weighted by Crippen LogP contribution is -2.64. The second-order valence-electron chi connectivity index (χ2n) is 27.6. The molecule has 15 heteroatoms. The van der Waals surface area contributed by atoms with Gasteiger partial charge in [0.05, 0.1) is 45.5 Å². The molecule has 6 saturated heterocycles. The van der Waals surface area contributed by atoms with E-state index in [1.807, 2.05) is 53.7 Å². The third kappa shape index (κ3) is 13.9. The number of nitrogens with zero attached hydrogens (tertiary/aromatic N) is 4. The monoisotopic (exact) mass is 1090 g/mol. The van der Waals surface area contributed by atoms with E-state index in [2.05, 4.69) is 55.8 Å². The minimum Gasteiger partial charge on any atom is -0.444 e. The molecule has 426 valence electrons. The van der Waals surface area contributed by atoms with Crippen LogP contribution in [-0.4, -0.2) is 157 Å². The van der Waals surface area contributed by atoms with Gasteiger partial charge in [-0.3, -0.25) is 9.80 Å². The van der Waals surface area contributed by atoms with Crippen molar-refractivity contribution in [3.63, 3.8) is 0 Å². The number of rotatable bonds is 8. The number of piperidine rings is 2. The maximum atomic E-state index is 14.6. The van der Waals surface area contributed by atoms with Crippen LogP contribution in [0, 0.1) is 11.6 Å². The summed E-state index contributed by atoms with van der Waals surface area (Å²) in [4.78, 5) is 33.3. The average molecular weight is 1090 g/mol. The molecule has 6 fully saturated rings. The van der Waals surface area contributed by atoms with Crippen molar-refractivity contribution in [2.24, 2.45) is 0 Å². The summed E-state index contributed by atoms with van der Waals surface area (Å²) < 4.78 is 59.0. The molecule has 2 aliphatic carbocycles. The topological polar surface area (TPSA) is 113 Å². The van der Waals surface area contributed by atoms with E-state index in [0.29, 0.717) is 69.7 Å². The highest BCUT2D eigenvalue weighted by molar-refractivity contribution is 6.74. The highest BCUT2D eigenvalue weighted by Crippen LogP contribution is 2.45. The van der Waals surface area contributed by atoms with Crippen LogP contribution in [0.5, 0.6) is 0 Å². The number of amides is 2. The third-order valence-corrected chi connectivity index (χ3v) is 22.8. The fraction of sp³-hybridized carbons (Fsp3) is 0.710. The molecule has 1 N–H and O–H groups in total. The molecule has 2 aromatic rings. The van der Waals surface area contributed by atoms with E-state index in [4.69, 9.17) is 23.4 Å². The maximum absolute atomic E-state index is 14.6. The van der Waals surface area contributed by atoms with Gasteiger partial charge in [-0.2, -0.15) is 0 Å². The Morgan fingerprint density at radius 1 is 0.623 bits per heavy atom. The normalized spacial score (nSPS) is 26.6. The number of likely N-dealkylation sites (tertiary alicyclic amines) is 4. The fourth-order valence-electron chi connectivity index (χ4n) is 13.1. The molecule has 4 atom stereocenters. The smallest absolute Gasteiger partial charge is 0.410 e. The van der Waals surface area contributed by atoms with Crippen molar-refractivity contribution < 1.29 is 46.8 Å². The Morgan fingerprint density at radius 3 is 1.40 bits per heavy atom. The van der Waals surface area contributed by atoms with Gasteiger partial charge in [-0.15, -0.1) is 0 Å². The molecule has 2 spiro atoms. The number of benzene rings is 2. The summed E-state index contributed by atoms with van der Waals surface area (Å²) in [6.45, 7) is 30.6. The molecular formula is C62H92F2N4O8Si. The molecule has 0 radical (unpaired) electrons. The molecule has 6 aliphatic heterocycles. The number of halogens is 2. The van der Waals surface area contributed by atoms with Crippen LogP contribution in [0.25, 0.3) is 11.1 Å². The Bertz CT molecular complexity index is 2490. The van der Waals surface area contributed by atoms with Crippen LogP contribution in [0.2, 0.25) is 18.1 Å². The largest absolute Gasteiger partial charge is 0.444 e. The Labute approximate surface area is 460 Å². The predicted molar refractivity (Wildman–Crippen MR) is 301 cm³/mol. The van der Waals surface area contributed by atoms with Gasteiger partial charge < -0.3 is 38.3 Å². The molecule has 0 saturated carbocycles. The van der Waals surface area contributed by atoms with Gasteiger partial charge >= 0.3 is 12.2 Å². The zero-order valence-corrected chi connectivity index (χ0v) is 49.5. The summed E-state index contributed by atoms with van der Waals surface area (Å²) in [5, 5.41) is 10.1. The lowest BCUT2D eigenvalue weighted by atomic mass is 9.81. The summed E-state index contributed by atoms with van der Waals surface area (Å²) in [7, 11) is -1.80. The Morgan fingerprint density at radius 2 is 1.04 bits per heavy atom. The molecule has 2 aromatic carbocycles. The van der Waals surface area contributed by atoms with E-state index in [9.17, 15) is 23.5 Å². The molecule has 2 amide bonds. The van der Waals surface area contributed by atoms with Crippen molar-refractivity contribution in [3.8, 4) is 0 Å². The van der Waals surface area contributed by atoms with Crippen molar-refractivity contribution in [2.75, 3.05) is 65.6 Å². The first kappa shape index (κ1) is 58.0. The van der Waals surface area contributed by atoms with Gasteiger partial charge in [0, 0.05) is 18.2 Å². The van der Waals surface area contributed by atoms with Crippen molar-refractivity contribution >= 4 is 31.7 Å². The Hall–Kier alpha value is -3.70. The molecule has 2 unspecified atom stereocenters. The average Bonchev–Trinajstić information content (AvgIpc) is 4.01. The number of carbonyl (C=O) groups excluding carboxylic acids is 2. The van der Waals surface area contributed by atoms with Crippen LogP contribution in [0.4, 0.5) is 18.4 Å². The Kier molecular flexibility index (Phi) is 17.1.